The number of hydrogen-bond donors (Lipinski definition) is 2. The summed E-state index contributed by atoms with van der Waals surface area (Å²) in [7, 11) is 1.50. The smallest absolute Gasteiger partial charge is 0.416 e. The number of halogens is 3. The number of imide groups is 1. The van der Waals surface area contributed by atoms with Gasteiger partial charge >= 0.3 is 11.0 Å². The highest BCUT2D eigenvalue weighted by Gasteiger charge is 2.69. The third kappa shape index (κ3) is 5.44. The number of aromatic amines is 1. The standard InChI is InChI=1S/C39H30F3N3O6S2/c1-50-27-14-19(12-13-26(27)51-17-28(46)43-25-11-4-7-18-6-2-3-10-22(18)25)29-30-23-16-24(33(30)52-35-34(29)53-38(49)44-35)32-31(23)36(47)45(37(32)48)21-9-5-8-20(15-21)39(40,41)42/h2-15,23-24,29-33H,16-17H2,1H3,(H,43,46)(H,44,49)/t23?,24?,29-,30?,31?,32?,33?/m1/s1. The Hall–Kier alpha value is -5.08. The molecule has 2 aliphatic carbocycles. The fourth-order valence-electron chi connectivity index (χ4n) is 9.13. The van der Waals surface area contributed by atoms with Gasteiger partial charge in [-0.15, -0.1) is 11.8 Å². The maximum atomic E-state index is 14.1. The molecule has 2 N–H and O–H groups in total. The molecule has 2 bridgehead atoms. The molecule has 4 aromatic carbocycles. The molecule has 0 spiro atoms. The van der Waals surface area contributed by atoms with Crippen molar-refractivity contribution >= 4 is 63.0 Å². The zero-order valence-corrected chi connectivity index (χ0v) is 29.5. The Bertz CT molecular complexity index is 2390. The van der Waals surface area contributed by atoms with E-state index in [1.54, 1.807) is 6.07 Å². The molecule has 9 nitrogen and oxygen atoms in total. The summed E-state index contributed by atoms with van der Waals surface area (Å²) < 4.78 is 52.4. The van der Waals surface area contributed by atoms with Gasteiger partial charge in [0.05, 0.1) is 35.2 Å². The van der Waals surface area contributed by atoms with Crippen molar-refractivity contribution in [2.24, 2.45) is 29.6 Å². The zero-order chi connectivity index (χ0) is 36.8. The Kier molecular flexibility index (Phi) is 7.96. The van der Waals surface area contributed by atoms with Crippen LogP contribution in [0.4, 0.5) is 24.5 Å². The minimum atomic E-state index is -4.63. The van der Waals surface area contributed by atoms with E-state index in [9.17, 15) is 32.3 Å². The van der Waals surface area contributed by atoms with E-state index in [1.165, 1.54) is 31.0 Å². The largest absolute Gasteiger partial charge is 0.493 e. The number of carbonyl (C=O) groups excluding carboxylic acids is 3. The number of ether oxygens (including phenoxy) is 2. The van der Waals surface area contributed by atoms with Crippen molar-refractivity contribution < 1.29 is 37.0 Å². The van der Waals surface area contributed by atoms with Gasteiger partial charge in [0.25, 0.3) is 5.91 Å². The average molecular weight is 758 g/mol. The van der Waals surface area contributed by atoms with Crippen LogP contribution >= 0.6 is 23.1 Å². The van der Waals surface area contributed by atoms with Gasteiger partial charge in [-0.2, -0.15) is 13.2 Å². The number of carbonyl (C=O) groups is 3. The number of alkyl halides is 3. The van der Waals surface area contributed by atoms with Gasteiger partial charge in [0, 0.05) is 27.1 Å². The van der Waals surface area contributed by atoms with Crippen molar-refractivity contribution in [1.82, 2.24) is 4.98 Å². The van der Waals surface area contributed by atoms with Gasteiger partial charge in [-0.25, -0.2) is 0 Å². The van der Waals surface area contributed by atoms with Crippen LogP contribution in [-0.2, 0) is 20.6 Å². The number of nitrogens with one attached hydrogen (secondary N) is 2. The summed E-state index contributed by atoms with van der Waals surface area (Å²) >= 11 is 2.62. The zero-order valence-electron chi connectivity index (χ0n) is 27.9. The Balaban J connectivity index is 1.00. The molecule has 4 aliphatic rings. The molecule has 1 saturated heterocycles. The number of rotatable bonds is 7. The summed E-state index contributed by atoms with van der Waals surface area (Å²) in [6.07, 6.45) is -4.01. The van der Waals surface area contributed by atoms with Gasteiger partial charge < -0.3 is 19.8 Å². The van der Waals surface area contributed by atoms with Crippen molar-refractivity contribution in [3.63, 3.8) is 0 Å². The second-order valence-electron chi connectivity index (χ2n) is 13.8. The minimum absolute atomic E-state index is 0.0784. The van der Waals surface area contributed by atoms with Crippen LogP contribution < -0.4 is 24.6 Å². The molecule has 6 unspecified atom stereocenters. The number of thioether (sulfide) groups is 1. The van der Waals surface area contributed by atoms with Gasteiger partial charge in [0.15, 0.2) is 18.1 Å². The first kappa shape index (κ1) is 33.7. The normalized spacial score (nSPS) is 25.7. The molecule has 3 fully saturated rings. The van der Waals surface area contributed by atoms with E-state index in [1.807, 2.05) is 54.6 Å². The molecular weight excluding hydrogens is 728 g/mol. The van der Waals surface area contributed by atoms with Crippen molar-refractivity contribution in [2.75, 3.05) is 23.9 Å². The first-order chi connectivity index (χ1) is 25.5. The van der Waals surface area contributed by atoms with Crippen LogP contribution in [0.1, 0.15) is 28.3 Å². The molecule has 2 saturated carbocycles. The molecule has 1 aromatic heterocycles. The number of nitrogens with zero attached hydrogens (tertiary/aromatic N) is 1. The third-order valence-electron chi connectivity index (χ3n) is 11.1. The molecule has 3 amide bonds. The van der Waals surface area contributed by atoms with E-state index in [4.69, 9.17) is 9.47 Å². The number of methoxy groups -OCH3 is 1. The fraction of sp³-hybridized carbons (Fsp3) is 0.282. The number of anilines is 2. The predicted molar refractivity (Wildman–Crippen MR) is 193 cm³/mol. The summed E-state index contributed by atoms with van der Waals surface area (Å²) in [6.45, 7) is -0.279. The van der Waals surface area contributed by atoms with Crippen molar-refractivity contribution in [3.05, 3.63) is 111 Å². The fourth-order valence-corrected chi connectivity index (χ4v) is 12.0. The van der Waals surface area contributed by atoms with Crippen LogP contribution in [0.15, 0.2) is 94.7 Å². The molecule has 53 heavy (non-hydrogen) atoms. The van der Waals surface area contributed by atoms with E-state index in [0.29, 0.717) is 28.6 Å². The Morgan fingerprint density at radius 3 is 2.47 bits per heavy atom. The van der Waals surface area contributed by atoms with Crippen molar-refractivity contribution in [1.29, 1.82) is 0 Å². The molecule has 14 heteroatoms. The maximum absolute atomic E-state index is 14.1. The summed E-state index contributed by atoms with van der Waals surface area (Å²) in [5.41, 5.74) is 0.473. The Morgan fingerprint density at radius 2 is 1.68 bits per heavy atom. The number of thiazole rings is 1. The van der Waals surface area contributed by atoms with Crippen LogP contribution in [-0.4, -0.2) is 41.7 Å². The van der Waals surface area contributed by atoms with Gasteiger partial charge in [0.1, 0.15) is 0 Å². The summed E-state index contributed by atoms with van der Waals surface area (Å²) in [4.78, 5) is 58.2. The molecule has 5 aromatic rings. The molecule has 7 atom stereocenters. The highest BCUT2D eigenvalue weighted by molar-refractivity contribution is 8.00. The van der Waals surface area contributed by atoms with Crippen LogP contribution in [0, 0.1) is 29.6 Å². The first-order valence-corrected chi connectivity index (χ1v) is 18.7. The maximum Gasteiger partial charge on any atom is 0.416 e. The molecule has 0 radical (unpaired) electrons. The van der Waals surface area contributed by atoms with Crippen LogP contribution in [0.5, 0.6) is 11.5 Å². The number of aromatic nitrogens is 1. The topological polar surface area (TPSA) is 118 Å². The lowest BCUT2D eigenvalue weighted by atomic mass is 9.68. The van der Waals surface area contributed by atoms with Gasteiger partial charge in [-0.3, -0.25) is 24.1 Å². The molecular formula is C39H30F3N3O6S2. The van der Waals surface area contributed by atoms with E-state index in [-0.39, 0.29) is 52.0 Å². The Labute approximate surface area is 308 Å². The number of hydrogen-bond acceptors (Lipinski definition) is 8. The van der Waals surface area contributed by atoms with Gasteiger partial charge in [0.2, 0.25) is 11.8 Å². The highest BCUT2D eigenvalue weighted by Crippen LogP contribution is 2.69. The number of benzene rings is 4. The molecule has 3 heterocycles. The monoisotopic (exact) mass is 757 g/mol. The SMILES string of the molecule is COc1cc([C@H]2c3sc(=O)[nH]c3SC3C4CC(C5C(=O)N(c6cccc(C(F)(F)F)c6)C(=O)C45)C32)ccc1OCC(=O)Nc1cccc2ccccc12. The summed E-state index contributed by atoms with van der Waals surface area (Å²) in [5.74, 6) is -2.87. The summed E-state index contributed by atoms with van der Waals surface area (Å²) in [6, 6.07) is 23.1. The number of H-pyrrole nitrogens is 1. The van der Waals surface area contributed by atoms with Crippen molar-refractivity contribution in [3.8, 4) is 11.5 Å². The van der Waals surface area contributed by atoms with E-state index >= 15 is 0 Å². The van der Waals surface area contributed by atoms with Gasteiger partial charge in [-0.1, -0.05) is 59.9 Å². The average Bonchev–Trinajstić information content (AvgIpc) is 3.89. The van der Waals surface area contributed by atoms with Crippen LogP contribution in [0.3, 0.4) is 0 Å². The van der Waals surface area contributed by atoms with Crippen LogP contribution in [0.25, 0.3) is 10.8 Å². The third-order valence-corrected chi connectivity index (χ3v) is 13.7. The predicted octanol–water partition coefficient (Wildman–Crippen LogP) is 7.31. The summed E-state index contributed by atoms with van der Waals surface area (Å²) in [5, 5.41) is 5.40. The molecule has 270 valence electrons. The van der Waals surface area contributed by atoms with E-state index < -0.39 is 35.4 Å². The lowest BCUT2D eigenvalue weighted by Gasteiger charge is -2.43. The lowest BCUT2D eigenvalue weighted by molar-refractivity contribution is -0.137. The quantitative estimate of drug-likeness (QED) is 0.167. The highest BCUT2D eigenvalue weighted by atomic mass is 32.2. The molecule has 2 aliphatic heterocycles. The Morgan fingerprint density at radius 1 is 0.925 bits per heavy atom. The molecule has 9 rings (SSSR count). The second kappa shape index (κ2) is 12.5. The number of amides is 3. The first-order valence-electron chi connectivity index (χ1n) is 17.0. The second-order valence-corrected chi connectivity index (χ2v) is 16.0. The van der Waals surface area contributed by atoms with Crippen LogP contribution in [0.2, 0.25) is 0 Å². The van der Waals surface area contributed by atoms with E-state index in [0.717, 1.165) is 49.6 Å². The number of fused-ring (bicyclic) bond motifs is 10. The van der Waals surface area contributed by atoms with E-state index in [2.05, 4.69) is 10.3 Å². The minimum Gasteiger partial charge on any atom is -0.493 e. The van der Waals surface area contributed by atoms with Gasteiger partial charge in [-0.05, 0) is 71.5 Å². The van der Waals surface area contributed by atoms with Crippen molar-refractivity contribution in [2.45, 2.75) is 28.8 Å². The lowest BCUT2D eigenvalue weighted by Crippen LogP contribution is -2.42.